The van der Waals surface area contributed by atoms with Gasteiger partial charge in [0.05, 0.1) is 0 Å². The third kappa shape index (κ3) is 5.22. The first-order valence-electron chi connectivity index (χ1n) is 11.7. The van der Waals surface area contributed by atoms with Crippen molar-refractivity contribution in [3.63, 3.8) is 0 Å². The van der Waals surface area contributed by atoms with Crippen LogP contribution in [0.5, 0.6) is 11.5 Å². The Hall–Kier alpha value is -3.91. The molecule has 0 bridgehead atoms. The van der Waals surface area contributed by atoms with Gasteiger partial charge in [-0.2, -0.15) is 0 Å². The Morgan fingerprint density at radius 1 is 1.24 bits per heavy atom. The van der Waals surface area contributed by atoms with Crippen LogP contribution in [0.1, 0.15) is 27.2 Å². The topological polar surface area (TPSA) is 156 Å². The van der Waals surface area contributed by atoms with Gasteiger partial charge in [-0.25, -0.2) is 19.9 Å². The molecule has 0 radical (unpaired) electrons. The zero-order chi connectivity index (χ0) is 26.9. The molecule has 0 spiro atoms. The monoisotopic (exact) mass is 555 g/mol. The van der Waals surface area contributed by atoms with Crippen LogP contribution >= 0.6 is 23.1 Å². The number of amides is 1. The lowest BCUT2D eigenvalue weighted by Gasteiger charge is -2.23. The Labute approximate surface area is 225 Å². The van der Waals surface area contributed by atoms with Crippen LogP contribution < -0.4 is 20.5 Å². The molecule has 0 saturated carbocycles. The van der Waals surface area contributed by atoms with E-state index in [0.29, 0.717) is 47.3 Å². The molecule has 38 heavy (non-hydrogen) atoms. The van der Waals surface area contributed by atoms with E-state index in [9.17, 15) is 9.59 Å². The number of anilines is 1. The molecule has 14 heteroatoms. The van der Waals surface area contributed by atoms with Crippen LogP contribution in [0, 0.1) is 0 Å². The molecule has 1 amide bonds. The van der Waals surface area contributed by atoms with E-state index >= 15 is 0 Å². The van der Waals surface area contributed by atoms with E-state index in [1.54, 1.807) is 20.0 Å². The van der Waals surface area contributed by atoms with Crippen LogP contribution in [-0.4, -0.2) is 55.3 Å². The van der Waals surface area contributed by atoms with Gasteiger partial charge in [-0.1, -0.05) is 11.8 Å². The van der Waals surface area contributed by atoms with Gasteiger partial charge in [0.2, 0.25) is 6.79 Å². The van der Waals surface area contributed by atoms with E-state index in [4.69, 9.17) is 24.9 Å². The third-order valence-corrected chi connectivity index (χ3v) is 7.51. The molecule has 0 aliphatic carbocycles. The Morgan fingerprint density at radius 2 is 2.03 bits per heavy atom. The largest absolute Gasteiger partial charge is 0.454 e. The minimum atomic E-state index is -1.26. The number of nitrogens with one attached hydrogen (secondary N) is 1. The van der Waals surface area contributed by atoms with Gasteiger partial charge in [-0.15, -0.1) is 11.3 Å². The fourth-order valence-electron chi connectivity index (χ4n) is 3.90. The number of nitrogen functional groups attached to an aromatic ring is 1. The van der Waals surface area contributed by atoms with Crippen LogP contribution in [0.15, 0.2) is 40.1 Å². The molecule has 1 aromatic carbocycles. The first-order valence-corrected chi connectivity index (χ1v) is 13.4. The number of hydrogen-bond donors (Lipinski definition) is 2. The van der Waals surface area contributed by atoms with Gasteiger partial charge in [-0.05, 0) is 32.4 Å². The van der Waals surface area contributed by atoms with Crippen LogP contribution in [0.3, 0.4) is 0 Å². The maximum atomic E-state index is 12.5. The maximum Gasteiger partial charge on any atom is 0.303 e. The summed E-state index contributed by atoms with van der Waals surface area (Å²) in [7, 11) is 0. The summed E-state index contributed by atoms with van der Waals surface area (Å²) in [6.07, 6.45) is 3.71. The number of esters is 1. The lowest BCUT2D eigenvalue weighted by atomic mass is 10.1. The van der Waals surface area contributed by atoms with Crippen molar-refractivity contribution in [1.29, 1.82) is 0 Å². The van der Waals surface area contributed by atoms with Gasteiger partial charge >= 0.3 is 5.97 Å². The summed E-state index contributed by atoms with van der Waals surface area (Å²) >= 11 is 2.95. The van der Waals surface area contributed by atoms with Crippen LogP contribution in [0.4, 0.5) is 5.82 Å². The third-order valence-electron chi connectivity index (χ3n) is 5.65. The Bertz CT molecular complexity index is 1500. The molecular formula is C24H25N7O5S2. The Kier molecular flexibility index (Phi) is 7.08. The molecule has 1 aliphatic heterocycles. The predicted molar refractivity (Wildman–Crippen MR) is 141 cm³/mol. The number of ether oxygens (including phenoxy) is 3. The summed E-state index contributed by atoms with van der Waals surface area (Å²) < 4.78 is 18.3. The van der Waals surface area contributed by atoms with Gasteiger partial charge in [0, 0.05) is 42.0 Å². The highest BCUT2D eigenvalue weighted by atomic mass is 32.2. The normalized spacial score (nSPS) is 12.6. The second kappa shape index (κ2) is 10.5. The van der Waals surface area contributed by atoms with E-state index in [-0.39, 0.29) is 18.5 Å². The average molecular weight is 556 g/mol. The maximum absolute atomic E-state index is 12.5. The van der Waals surface area contributed by atoms with E-state index in [2.05, 4.69) is 20.3 Å². The summed E-state index contributed by atoms with van der Waals surface area (Å²) in [6, 6.07) is 3.84. The standard InChI is InChI=1S/C24H25N7O5S2/c1-13(32)36-24(2,3)22(33)27-5-4-7-31-20-18(19(25)28-11-29-20)30-23(31)38-17-10-16-15(34-12-35-16)9-14(17)21-26-6-8-37-21/h6,8-11H,4-5,7,12H2,1-3H3,(H,27,33)(H2,25,28,29). The first kappa shape index (κ1) is 25.7. The number of fused-ring (bicyclic) bond motifs is 2. The van der Waals surface area contributed by atoms with Crippen molar-refractivity contribution in [3.8, 4) is 22.1 Å². The zero-order valence-electron chi connectivity index (χ0n) is 20.9. The fraction of sp³-hybridized carbons (Fsp3) is 0.333. The van der Waals surface area contributed by atoms with Gasteiger partial charge in [0.15, 0.2) is 39.2 Å². The van der Waals surface area contributed by atoms with Gasteiger partial charge in [0.25, 0.3) is 5.91 Å². The van der Waals surface area contributed by atoms with Crippen LogP contribution in [0.2, 0.25) is 0 Å². The van der Waals surface area contributed by atoms with Crippen molar-refractivity contribution in [1.82, 2.24) is 29.8 Å². The average Bonchev–Trinajstić information content (AvgIpc) is 3.61. The number of imidazole rings is 1. The van der Waals surface area contributed by atoms with Crippen molar-refractivity contribution in [2.45, 2.75) is 49.4 Å². The molecule has 4 heterocycles. The molecule has 3 aromatic heterocycles. The SMILES string of the molecule is CC(=O)OC(C)(C)C(=O)NCCCn1c(Sc2cc3c(cc2-c2nccs2)OCO3)nc2c(N)ncnc21. The molecular weight excluding hydrogens is 530 g/mol. The highest BCUT2D eigenvalue weighted by molar-refractivity contribution is 7.99. The molecule has 198 valence electrons. The fourth-order valence-corrected chi connectivity index (χ4v) is 5.69. The van der Waals surface area contributed by atoms with E-state index in [0.717, 1.165) is 15.5 Å². The minimum absolute atomic E-state index is 0.158. The van der Waals surface area contributed by atoms with E-state index in [1.165, 1.54) is 36.3 Å². The molecule has 3 N–H and O–H groups in total. The van der Waals surface area contributed by atoms with Crippen molar-refractivity contribution in [2.75, 3.05) is 19.1 Å². The second-order valence-corrected chi connectivity index (χ2v) is 10.7. The van der Waals surface area contributed by atoms with Gasteiger partial charge in [-0.3, -0.25) is 9.59 Å². The van der Waals surface area contributed by atoms with E-state index < -0.39 is 11.6 Å². The molecule has 0 unspecified atom stereocenters. The molecule has 12 nitrogen and oxygen atoms in total. The number of benzene rings is 1. The van der Waals surface area contributed by atoms with Crippen molar-refractivity contribution in [3.05, 3.63) is 30.0 Å². The molecule has 5 rings (SSSR count). The number of aromatic nitrogens is 5. The quantitative estimate of drug-likeness (QED) is 0.231. The first-order chi connectivity index (χ1) is 18.2. The molecule has 1 aliphatic rings. The predicted octanol–water partition coefficient (Wildman–Crippen LogP) is 3.26. The lowest BCUT2D eigenvalue weighted by Crippen LogP contribution is -2.45. The van der Waals surface area contributed by atoms with Gasteiger partial charge in [0.1, 0.15) is 11.3 Å². The highest BCUT2D eigenvalue weighted by Gasteiger charge is 2.30. The molecule has 0 saturated heterocycles. The number of aryl methyl sites for hydroxylation is 1. The number of nitrogens with two attached hydrogens (primary N) is 1. The molecule has 0 atom stereocenters. The second-order valence-electron chi connectivity index (χ2n) is 8.83. The van der Waals surface area contributed by atoms with Gasteiger partial charge < -0.3 is 29.8 Å². The number of nitrogens with zero attached hydrogens (tertiary/aromatic N) is 5. The lowest BCUT2D eigenvalue weighted by molar-refractivity contribution is -0.162. The summed E-state index contributed by atoms with van der Waals surface area (Å²) in [5, 5.41) is 6.22. The van der Waals surface area contributed by atoms with Crippen molar-refractivity contribution < 1.29 is 23.8 Å². The summed E-state index contributed by atoms with van der Waals surface area (Å²) in [4.78, 5) is 42.4. The zero-order valence-corrected chi connectivity index (χ0v) is 22.5. The van der Waals surface area contributed by atoms with Crippen LogP contribution in [-0.2, 0) is 20.9 Å². The minimum Gasteiger partial charge on any atom is -0.454 e. The van der Waals surface area contributed by atoms with Crippen LogP contribution in [0.25, 0.3) is 21.7 Å². The summed E-state index contributed by atoms with van der Waals surface area (Å²) in [5.41, 5.74) is 6.83. The number of rotatable bonds is 9. The number of carbonyl (C=O) groups excluding carboxylic acids is 2. The summed E-state index contributed by atoms with van der Waals surface area (Å²) in [6.45, 7) is 5.36. The van der Waals surface area contributed by atoms with Crippen molar-refractivity contribution >= 4 is 52.0 Å². The number of hydrogen-bond acceptors (Lipinski definition) is 12. The molecule has 4 aromatic rings. The Morgan fingerprint density at radius 3 is 2.76 bits per heavy atom. The number of thiazole rings is 1. The summed E-state index contributed by atoms with van der Waals surface area (Å²) in [5.74, 6) is 0.689. The molecule has 0 fully saturated rings. The number of carbonyl (C=O) groups is 2. The Balaban J connectivity index is 1.41. The smallest absolute Gasteiger partial charge is 0.303 e. The van der Waals surface area contributed by atoms with Crippen molar-refractivity contribution in [2.24, 2.45) is 0 Å². The van der Waals surface area contributed by atoms with E-state index in [1.807, 2.05) is 22.1 Å². The highest BCUT2D eigenvalue weighted by Crippen LogP contribution is 2.45.